The largest absolute Gasteiger partial charge is 0.454 e. The number of carbonyl (C=O) groups excluding carboxylic acids is 2. The van der Waals surface area contributed by atoms with Gasteiger partial charge in [-0.05, 0) is 43.9 Å². The van der Waals surface area contributed by atoms with E-state index in [4.69, 9.17) is 14.2 Å². The topological polar surface area (TPSA) is 73.9 Å². The van der Waals surface area contributed by atoms with E-state index in [1.54, 1.807) is 25.1 Å². The van der Waals surface area contributed by atoms with Crippen molar-refractivity contribution in [1.29, 1.82) is 0 Å². The van der Waals surface area contributed by atoms with Crippen molar-refractivity contribution >= 4 is 11.9 Å². The Morgan fingerprint density at radius 2 is 1.96 bits per heavy atom. The number of benzene rings is 1. The second kappa shape index (κ2) is 7.11. The Kier molecular flexibility index (Phi) is 4.92. The van der Waals surface area contributed by atoms with Gasteiger partial charge in [-0.1, -0.05) is 19.8 Å². The summed E-state index contributed by atoms with van der Waals surface area (Å²) in [4.78, 5) is 24.5. The van der Waals surface area contributed by atoms with Crippen LogP contribution in [0.1, 0.15) is 49.9 Å². The van der Waals surface area contributed by atoms with Gasteiger partial charge in [-0.2, -0.15) is 0 Å². The van der Waals surface area contributed by atoms with Crippen molar-refractivity contribution < 1.29 is 23.8 Å². The van der Waals surface area contributed by atoms with Crippen LogP contribution in [0.2, 0.25) is 0 Å². The summed E-state index contributed by atoms with van der Waals surface area (Å²) in [6, 6.07) is 4.99. The molecule has 0 radical (unpaired) electrons. The molecule has 6 heteroatoms. The zero-order valence-electron chi connectivity index (χ0n) is 14.0. The summed E-state index contributed by atoms with van der Waals surface area (Å²) in [5.41, 5.74) is 0.338. The van der Waals surface area contributed by atoms with Crippen LogP contribution in [0.25, 0.3) is 0 Å². The van der Waals surface area contributed by atoms with Gasteiger partial charge in [-0.3, -0.25) is 4.79 Å². The average Bonchev–Trinajstić information content (AvgIpc) is 3.04. The van der Waals surface area contributed by atoms with Gasteiger partial charge in [0.15, 0.2) is 17.6 Å². The smallest absolute Gasteiger partial charge is 0.339 e. The van der Waals surface area contributed by atoms with Crippen molar-refractivity contribution in [2.24, 2.45) is 5.92 Å². The van der Waals surface area contributed by atoms with E-state index in [0.29, 0.717) is 23.0 Å². The summed E-state index contributed by atoms with van der Waals surface area (Å²) in [7, 11) is 0. The van der Waals surface area contributed by atoms with Gasteiger partial charge in [0.05, 0.1) is 5.56 Å². The zero-order valence-corrected chi connectivity index (χ0v) is 14.0. The average molecular weight is 333 g/mol. The second-order valence-corrected chi connectivity index (χ2v) is 6.49. The normalized spacial score (nSPS) is 23.4. The van der Waals surface area contributed by atoms with Crippen LogP contribution in [0.4, 0.5) is 0 Å². The highest BCUT2D eigenvalue weighted by Gasteiger charge is 2.27. The molecule has 1 aliphatic heterocycles. The Balaban J connectivity index is 1.56. The Bertz CT molecular complexity index is 630. The first-order chi connectivity index (χ1) is 11.5. The van der Waals surface area contributed by atoms with Crippen LogP contribution in [0.15, 0.2) is 18.2 Å². The van der Waals surface area contributed by atoms with Gasteiger partial charge in [0.25, 0.3) is 5.91 Å². The number of rotatable bonds is 4. The maximum atomic E-state index is 12.3. The lowest BCUT2D eigenvalue weighted by molar-refractivity contribution is -0.130. The third-order valence-corrected chi connectivity index (χ3v) is 4.70. The Morgan fingerprint density at radius 3 is 2.75 bits per heavy atom. The summed E-state index contributed by atoms with van der Waals surface area (Å²) in [5, 5.41) is 3.01. The van der Waals surface area contributed by atoms with Gasteiger partial charge >= 0.3 is 5.97 Å². The molecule has 0 bridgehead atoms. The SMILES string of the molecule is C[C@H](OC(=O)c1ccc2c(c1)OCO2)C(=O)N[C@@H]1CCCC[C@@H]1C. The first-order valence-electron chi connectivity index (χ1n) is 8.45. The molecular weight excluding hydrogens is 310 g/mol. The highest BCUT2D eigenvalue weighted by atomic mass is 16.7. The number of hydrogen-bond donors (Lipinski definition) is 1. The van der Waals surface area contributed by atoms with Crippen LogP contribution < -0.4 is 14.8 Å². The fourth-order valence-corrected chi connectivity index (χ4v) is 3.14. The van der Waals surface area contributed by atoms with Gasteiger partial charge in [0.2, 0.25) is 6.79 Å². The minimum absolute atomic E-state index is 0.145. The van der Waals surface area contributed by atoms with Crippen LogP contribution in [0.3, 0.4) is 0 Å². The predicted molar refractivity (Wildman–Crippen MR) is 87.0 cm³/mol. The van der Waals surface area contributed by atoms with Gasteiger partial charge in [0, 0.05) is 6.04 Å². The number of hydrogen-bond acceptors (Lipinski definition) is 5. The molecule has 0 aromatic heterocycles. The Hall–Kier alpha value is -2.24. The lowest BCUT2D eigenvalue weighted by atomic mass is 9.86. The predicted octanol–water partition coefficient (Wildman–Crippen LogP) is 2.66. The molecule has 0 unspecified atom stereocenters. The number of fused-ring (bicyclic) bond motifs is 1. The highest BCUT2D eigenvalue weighted by Crippen LogP contribution is 2.32. The quantitative estimate of drug-likeness (QED) is 0.858. The second-order valence-electron chi connectivity index (χ2n) is 6.49. The lowest BCUT2D eigenvalue weighted by Gasteiger charge is -2.30. The monoisotopic (exact) mass is 333 g/mol. The highest BCUT2D eigenvalue weighted by molar-refractivity contribution is 5.93. The molecule has 6 nitrogen and oxygen atoms in total. The van der Waals surface area contributed by atoms with E-state index in [9.17, 15) is 9.59 Å². The number of ether oxygens (including phenoxy) is 3. The standard InChI is InChI=1S/C18H23NO5/c1-11-5-3-4-6-14(11)19-17(20)12(2)24-18(21)13-7-8-15-16(9-13)23-10-22-15/h7-9,11-12,14H,3-6,10H2,1-2H3,(H,19,20)/t11-,12-,14+/m0/s1. The Labute approximate surface area is 141 Å². The van der Waals surface area contributed by atoms with E-state index in [2.05, 4.69) is 12.2 Å². The molecular formula is C18H23NO5. The molecule has 130 valence electrons. The molecule has 1 heterocycles. The first-order valence-corrected chi connectivity index (χ1v) is 8.45. The molecule has 1 fully saturated rings. The van der Waals surface area contributed by atoms with Crippen LogP contribution in [-0.4, -0.2) is 30.8 Å². The molecule has 1 aromatic carbocycles. The maximum Gasteiger partial charge on any atom is 0.339 e. The van der Waals surface area contributed by atoms with Crippen molar-refractivity contribution in [1.82, 2.24) is 5.32 Å². The number of nitrogens with one attached hydrogen (secondary N) is 1. The minimum atomic E-state index is -0.836. The van der Waals surface area contributed by atoms with Crippen LogP contribution in [0.5, 0.6) is 11.5 Å². The van der Waals surface area contributed by atoms with Gasteiger partial charge in [0.1, 0.15) is 0 Å². The fourth-order valence-electron chi connectivity index (χ4n) is 3.14. The molecule has 3 atom stereocenters. The van der Waals surface area contributed by atoms with E-state index in [-0.39, 0.29) is 18.7 Å². The lowest BCUT2D eigenvalue weighted by Crippen LogP contribution is -2.45. The fraction of sp³-hybridized carbons (Fsp3) is 0.556. The van der Waals surface area contributed by atoms with E-state index in [0.717, 1.165) is 19.3 Å². The molecule has 1 aliphatic carbocycles. The van der Waals surface area contributed by atoms with Crippen LogP contribution in [-0.2, 0) is 9.53 Å². The van der Waals surface area contributed by atoms with E-state index < -0.39 is 12.1 Å². The number of amides is 1. The summed E-state index contributed by atoms with van der Waals surface area (Å²) in [5.74, 6) is 0.774. The summed E-state index contributed by atoms with van der Waals surface area (Å²) >= 11 is 0. The number of carbonyl (C=O) groups is 2. The molecule has 0 saturated heterocycles. The molecule has 1 amide bonds. The third kappa shape index (κ3) is 3.63. The molecule has 3 rings (SSSR count). The van der Waals surface area contributed by atoms with Crippen LogP contribution in [0, 0.1) is 5.92 Å². The summed E-state index contributed by atoms with van der Waals surface area (Å²) < 4.78 is 15.7. The summed E-state index contributed by atoms with van der Waals surface area (Å²) in [6.07, 6.45) is 3.60. The molecule has 1 aromatic rings. The van der Waals surface area contributed by atoms with E-state index in [1.165, 1.54) is 6.42 Å². The van der Waals surface area contributed by atoms with Gasteiger partial charge in [-0.25, -0.2) is 4.79 Å². The zero-order chi connectivity index (χ0) is 17.1. The first kappa shape index (κ1) is 16.6. The maximum absolute atomic E-state index is 12.3. The summed E-state index contributed by atoms with van der Waals surface area (Å²) in [6.45, 7) is 3.88. The third-order valence-electron chi connectivity index (χ3n) is 4.70. The van der Waals surface area contributed by atoms with Crippen molar-refractivity contribution in [3.8, 4) is 11.5 Å². The molecule has 2 aliphatic rings. The van der Waals surface area contributed by atoms with Crippen molar-refractivity contribution in [3.05, 3.63) is 23.8 Å². The van der Waals surface area contributed by atoms with Crippen molar-refractivity contribution in [2.75, 3.05) is 6.79 Å². The molecule has 0 spiro atoms. The van der Waals surface area contributed by atoms with Crippen LogP contribution >= 0.6 is 0 Å². The minimum Gasteiger partial charge on any atom is -0.454 e. The molecule has 1 N–H and O–H groups in total. The van der Waals surface area contributed by atoms with Crippen molar-refractivity contribution in [3.63, 3.8) is 0 Å². The Morgan fingerprint density at radius 1 is 1.21 bits per heavy atom. The van der Waals surface area contributed by atoms with E-state index >= 15 is 0 Å². The molecule has 1 saturated carbocycles. The van der Waals surface area contributed by atoms with Gasteiger partial charge in [-0.15, -0.1) is 0 Å². The van der Waals surface area contributed by atoms with E-state index in [1.807, 2.05) is 0 Å². The van der Waals surface area contributed by atoms with Crippen molar-refractivity contribution in [2.45, 2.75) is 51.7 Å². The molecule has 24 heavy (non-hydrogen) atoms. The van der Waals surface area contributed by atoms with Gasteiger partial charge < -0.3 is 19.5 Å². The number of esters is 1.